The molecule has 0 N–H and O–H groups in total. The van der Waals surface area contributed by atoms with Gasteiger partial charge in [-0.15, -0.1) is 0 Å². The summed E-state index contributed by atoms with van der Waals surface area (Å²) >= 11 is 2.42. The van der Waals surface area contributed by atoms with Crippen LogP contribution in [0.5, 0.6) is 0 Å². The first-order valence-electron chi connectivity index (χ1n) is 7.07. The van der Waals surface area contributed by atoms with Crippen LogP contribution in [0.1, 0.15) is 56.6 Å². The number of hydrogen-bond acceptors (Lipinski definition) is 0. The van der Waals surface area contributed by atoms with Gasteiger partial charge in [0.05, 0.1) is 0 Å². The van der Waals surface area contributed by atoms with Crippen LogP contribution in [-0.4, -0.2) is 0 Å². The molecular formula is C16H23I. The molecule has 0 aliphatic heterocycles. The Morgan fingerprint density at radius 1 is 1.18 bits per heavy atom. The van der Waals surface area contributed by atoms with Crippen molar-refractivity contribution in [3.8, 4) is 0 Å². The van der Waals surface area contributed by atoms with Gasteiger partial charge < -0.3 is 0 Å². The van der Waals surface area contributed by atoms with Crippen LogP contribution in [0.25, 0.3) is 0 Å². The van der Waals surface area contributed by atoms with Crippen molar-refractivity contribution < 1.29 is 0 Å². The van der Waals surface area contributed by atoms with E-state index in [9.17, 15) is 0 Å². The molecule has 1 aliphatic rings. The van der Waals surface area contributed by atoms with Gasteiger partial charge in [-0.1, -0.05) is 45.1 Å². The lowest BCUT2D eigenvalue weighted by Crippen LogP contribution is -2.14. The summed E-state index contributed by atoms with van der Waals surface area (Å²) in [4.78, 5) is 0. The molecule has 1 aromatic rings. The van der Waals surface area contributed by atoms with Crippen molar-refractivity contribution in [2.45, 2.75) is 58.3 Å². The van der Waals surface area contributed by atoms with Crippen LogP contribution < -0.4 is 0 Å². The van der Waals surface area contributed by atoms with Gasteiger partial charge in [0.15, 0.2) is 0 Å². The van der Waals surface area contributed by atoms with Crippen LogP contribution in [0.3, 0.4) is 0 Å². The molecule has 0 saturated carbocycles. The summed E-state index contributed by atoms with van der Waals surface area (Å²) in [6.45, 7) is 2.29. The number of unbranched alkanes of at least 4 members (excludes halogenated alkanes) is 3. The topological polar surface area (TPSA) is 0 Å². The lowest BCUT2D eigenvalue weighted by Gasteiger charge is -2.24. The zero-order valence-electron chi connectivity index (χ0n) is 10.8. The van der Waals surface area contributed by atoms with Crippen LogP contribution in [-0.2, 0) is 12.8 Å². The molecule has 1 atom stereocenters. The second kappa shape index (κ2) is 6.77. The first-order chi connectivity index (χ1) is 8.29. The van der Waals surface area contributed by atoms with Crippen molar-refractivity contribution in [1.29, 1.82) is 0 Å². The van der Waals surface area contributed by atoms with Crippen molar-refractivity contribution >= 4 is 22.6 Å². The molecule has 0 fully saturated rings. The first-order valence-corrected chi connectivity index (χ1v) is 8.14. The molecule has 1 heteroatoms. The largest absolute Gasteiger partial charge is 0.0654 e. The maximum atomic E-state index is 2.42. The lowest BCUT2D eigenvalue weighted by molar-refractivity contribution is 0.406. The van der Waals surface area contributed by atoms with Crippen molar-refractivity contribution in [2.75, 3.05) is 0 Å². The fourth-order valence-electron chi connectivity index (χ4n) is 2.91. The first kappa shape index (κ1) is 13.4. The van der Waals surface area contributed by atoms with E-state index in [0.29, 0.717) is 0 Å². The molecule has 0 heterocycles. The minimum absolute atomic E-state index is 0.958. The van der Waals surface area contributed by atoms with Crippen molar-refractivity contribution in [2.24, 2.45) is 5.92 Å². The monoisotopic (exact) mass is 342 g/mol. The van der Waals surface area contributed by atoms with Crippen LogP contribution in [0.15, 0.2) is 18.2 Å². The third kappa shape index (κ3) is 3.97. The summed E-state index contributed by atoms with van der Waals surface area (Å²) < 4.78 is 1.39. The third-order valence-electron chi connectivity index (χ3n) is 3.96. The van der Waals surface area contributed by atoms with E-state index in [0.717, 1.165) is 5.92 Å². The van der Waals surface area contributed by atoms with Crippen molar-refractivity contribution in [1.82, 2.24) is 0 Å². The predicted octanol–water partition coefficient (Wildman–Crippen LogP) is 5.37. The SMILES string of the molecule is CCCCCCC1CCc2cc(I)ccc2C1. The summed E-state index contributed by atoms with van der Waals surface area (Å²) in [5.74, 6) is 0.958. The van der Waals surface area contributed by atoms with E-state index in [4.69, 9.17) is 0 Å². The van der Waals surface area contributed by atoms with Crippen LogP contribution in [0.4, 0.5) is 0 Å². The van der Waals surface area contributed by atoms with Gasteiger partial charge in [-0.2, -0.15) is 0 Å². The Morgan fingerprint density at radius 2 is 2.06 bits per heavy atom. The van der Waals surface area contributed by atoms with E-state index in [1.165, 1.54) is 54.9 Å². The zero-order valence-corrected chi connectivity index (χ0v) is 13.0. The predicted molar refractivity (Wildman–Crippen MR) is 83.4 cm³/mol. The average molecular weight is 342 g/mol. The Morgan fingerprint density at radius 3 is 2.88 bits per heavy atom. The maximum absolute atomic E-state index is 2.42. The summed E-state index contributed by atoms with van der Waals surface area (Å²) in [7, 11) is 0. The molecule has 0 aromatic heterocycles. The standard InChI is InChI=1S/C16H23I/c1-2-3-4-5-6-13-7-8-15-12-16(17)10-9-14(15)11-13/h9-10,12-13H,2-8,11H2,1H3. The Kier molecular flexibility index (Phi) is 5.33. The van der Waals surface area contributed by atoms with Gasteiger partial charge in [0.1, 0.15) is 0 Å². The fourth-order valence-corrected chi connectivity index (χ4v) is 3.46. The summed E-state index contributed by atoms with van der Waals surface area (Å²) in [6.07, 6.45) is 11.2. The Bertz CT molecular complexity index is 357. The number of aryl methyl sites for hydroxylation is 1. The number of hydrogen-bond donors (Lipinski definition) is 0. The summed E-state index contributed by atoms with van der Waals surface area (Å²) in [5, 5.41) is 0. The van der Waals surface area contributed by atoms with Crippen LogP contribution in [0, 0.1) is 9.49 Å². The quantitative estimate of drug-likeness (QED) is 0.499. The normalized spacial score (nSPS) is 19.1. The highest BCUT2D eigenvalue weighted by Gasteiger charge is 2.18. The Hall–Kier alpha value is -0.0500. The minimum Gasteiger partial charge on any atom is -0.0654 e. The molecule has 0 saturated heterocycles. The molecule has 1 unspecified atom stereocenters. The highest BCUT2D eigenvalue weighted by molar-refractivity contribution is 14.1. The zero-order chi connectivity index (χ0) is 12.1. The lowest BCUT2D eigenvalue weighted by atomic mass is 9.81. The number of halogens is 1. The second-order valence-corrected chi connectivity index (χ2v) is 6.62. The van der Waals surface area contributed by atoms with Gasteiger partial charge in [-0.3, -0.25) is 0 Å². The summed E-state index contributed by atoms with van der Waals surface area (Å²) in [6, 6.07) is 7.00. The highest BCUT2D eigenvalue weighted by atomic mass is 127. The van der Waals surface area contributed by atoms with Gasteiger partial charge >= 0.3 is 0 Å². The van der Waals surface area contributed by atoms with E-state index in [1.54, 1.807) is 11.1 Å². The minimum atomic E-state index is 0.958. The molecule has 0 bridgehead atoms. The molecule has 0 nitrogen and oxygen atoms in total. The van der Waals surface area contributed by atoms with E-state index in [-0.39, 0.29) is 0 Å². The molecule has 1 aliphatic carbocycles. The molecular weight excluding hydrogens is 319 g/mol. The van der Waals surface area contributed by atoms with E-state index in [2.05, 4.69) is 47.7 Å². The molecule has 0 spiro atoms. The van der Waals surface area contributed by atoms with E-state index < -0.39 is 0 Å². The second-order valence-electron chi connectivity index (χ2n) is 5.37. The van der Waals surface area contributed by atoms with Gasteiger partial charge in [0.2, 0.25) is 0 Å². The average Bonchev–Trinajstić information content (AvgIpc) is 2.35. The molecule has 0 radical (unpaired) electrons. The third-order valence-corrected chi connectivity index (χ3v) is 4.64. The number of rotatable bonds is 5. The van der Waals surface area contributed by atoms with E-state index >= 15 is 0 Å². The van der Waals surface area contributed by atoms with Gasteiger partial charge in [0.25, 0.3) is 0 Å². The molecule has 0 amide bonds. The molecule has 94 valence electrons. The Labute approximate surface area is 119 Å². The van der Waals surface area contributed by atoms with Gasteiger partial charge in [-0.05, 0) is 71.0 Å². The van der Waals surface area contributed by atoms with Crippen molar-refractivity contribution in [3.63, 3.8) is 0 Å². The van der Waals surface area contributed by atoms with Crippen LogP contribution in [0.2, 0.25) is 0 Å². The molecule has 17 heavy (non-hydrogen) atoms. The molecule has 2 rings (SSSR count). The number of benzene rings is 1. The van der Waals surface area contributed by atoms with Gasteiger partial charge in [0, 0.05) is 3.57 Å². The van der Waals surface area contributed by atoms with Gasteiger partial charge in [-0.25, -0.2) is 0 Å². The maximum Gasteiger partial charge on any atom is 0.0133 e. The molecule has 1 aromatic carbocycles. The summed E-state index contributed by atoms with van der Waals surface area (Å²) in [5.41, 5.74) is 3.24. The highest BCUT2D eigenvalue weighted by Crippen LogP contribution is 2.29. The van der Waals surface area contributed by atoms with Crippen molar-refractivity contribution in [3.05, 3.63) is 32.9 Å². The van der Waals surface area contributed by atoms with Crippen LogP contribution >= 0.6 is 22.6 Å². The number of fused-ring (bicyclic) bond motifs is 1. The van der Waals surface area contributed by atoms with E-state index in [1.807, 2.05) is 0 Å². The Balaban J connectivity index is 1.84. The smallest absolute Gasteiger partial charge is 0.0133 e. The fraction of sp³-hybridized carbons (Fsp3) is 0.625.